The third-order valence-corrected chi connectivity index (χ3v) is 17.0. The SMILES string of the molecule is Cc1cc2c3c(c1)N(c1ccccc1)c1cc4c(cc1B3c1ccccc1N2c1ccccc1)B1c2ccccc2N2c3ccccc3B3c5ccccc5N(c5ccccc5)c5cc(c1c2c53)N4c1ccccc1. The van der Waals surface area contributed by atoms with E-state index in [1.165, 1.54) is 117 Å². The molecule has 11 aromatic carbocycles. The summed E-state index contributed by atoms with van der Waals surface area (Å²) >= 11 is 0. The normalized spacial score (nSPS) is 14.3. The molecule has 11 aromatic rings. The van der Waals surface area contributed by atoms with Gasteiger partial charge in [0.1, 0.15) is 0 Å². The minimum absolute atomic E-state index is 0.0223. The third-order valence-electron chi connectivity index (χ3n) is 17.0. The van der Waals surface area contributed by atoms with Gasteiger partial charge in [0.25, 0.3) is 20.1 Å². The van der Waals surface area contributed by atoms with Gasteiger partial charge in [0.2, 0.25) is 0 Å². The number of hydrogen-bond donors (Lipinski definition) is 0. The number of aryl methyl sites for hydroxylation is 1. The topological polar surface area (TPSA) is 16.2 Å². The minimum Gasteiger partial charge on any atom is -0.312 e. The van der Waals surface area contributed by atoms with Crippen molar-refractivity contribution in [3.63, 3.8) is 0 Å². The molecule has 0 spiro atoms. The lowest BCUT2D eigenvalue weighted by Crippen LogP contribution is -2.69. The van der Waals surface area contributed by atoms with Gasteiger partial charge < -0.3 is 24.5 Å². The summed E-state index contributed by atoms with van der Waals surface area (Å²) in [6.07, 6.45) is 0. The molecule has 0 atom stereocenters. The average molecular weight is 952 g/mol. The van der Waals surface area contributed by atoms with Crippen LogP contribution in [0.3, 0.4) is 0 Å². The van der Waals surface area contributed by atoms with Crippen molar-refractivity contribution < 1.29 is 0 Å². The number of anilines is 15. The molecule has 75 heavy (non-hydrogen) atoms. The zero-order valence-electron chi connectivity index (χ0n) is 41.1. The van der Waals surface area contributed by atoms with Crippen molar-refractivity contribution in [1.29, 1.82) is 0 Å². The van der Waals surface area contributed by atoms with Crippen molar-refractivity contribution in [1.82, 2.24) is 0 Å². The maximum absolute atomic E-state index is 2.65. The Kier molecular flexibility index (Phi) is 8.40. The molecule has 0 bridgehead atoms. The van der Waals surface area contributed by atoms with Crippen LogP contribution >= 0.6 is 0 Å². The van der Waals surface area contributed by atoms with E-state index in [2.05, 4.69) is 280 Å². The van der Waals surface area contributed by atoms with Crippen LogP contribution in [0.2, 0.25) is 0 Å². The Morgan fingerprint density at radius 3 is 0.893 bits per heavy atom. The van der Waals surface area contributed by atoms with E-state index in [-0.39, 0.29) is 20.1 Å². The smallest absolute Gasteiger partial charge is 0.252 e. The van der Waals surface area contributed by atoms with Crippen LogP contribution < -0.4 is 73.7 Å². The Labute approximate surface area is 438 Å². The summed E-state index contributed by atoms with van der Waals surface area (Å²) in [6.45, 7) is 2.16. The van der Waals surface area contributed by atoms with Gasteiger partial charge in [-0.1, -0.05) is 152 Å². The van der Waals surface area contributed by atoms with E-state index in [1.807, 2.05) is 0 Å². The maximum Gasteiger partial charge on any atom is 0.252 e. The van der Waals surface area contributed by atoms with E-state index < -0.39 is 0 Å². The van der Waals surface area contributed by atoms with Crippen LogP contribution in [0.4, 0.5) is 85.3 Å². The van der Waals surface area contributed by atoms with Gasteiger partial charge in [-0.05, 0) is 159 Å². The summed E-state index contributed by atoms with van der Waals surface area (Å²) in [4.78, 5) is 12.9. The Morgan fingerprint density at radius 1 is 0.227 bits per heavy atom. The van der Waals surface area contributed by atoms with Gasteiger partial charge in [-0.25, -0.2) is 0 Å². The lowest BCUT2D eigenvalue weighted by Gasteiger charge is -2.51. The molecule has 346 valence electrons. The fraction of sp³-hybridized carbons (Fsp3) is 0.0149. The molecule has 0 radical (unpaired) electrons. The summed E-state index contributed by atoms with van der Waals surface area (Å²) in [5.41, 5.74) is 31.2. The second kappa shape index (κ2) is 15.3. The molecule has 8 heteroatoms. The van der Waals surface area contributed by atoms with E-state index in [9.17, 15) is 0 Å². The average Bonchev–Trinajstić information content (AvgIpc) is 3.49. The molecule has 0 fully saturated rings. The standard InChI is InChI=1S/C67H44B3N5/c1-43-38-60-64-61(39-43)73(46-26-10-4-11-27-46)58-41-59-53(40-52(58)69(64)49-31-15-19-35-55(49)71(60)44-22-6-2-7-23-44)70-51-33-17-21-37-57(51)75-56-36-20-16-32-50(56)68-48-30-14-18-34-54(48)72(45-24-8-3-9-25-45)62-42-63(66(70)67(75)65(62)68)74(59)47-28-12-5-13-29-47/h2-42H,1H3. The van der Waals surface area contributed by atoms with Crippen LogP contribution in [-0.4, -0.2) is 20.1 Å². The molecular weight excluding hydrogens is 907 g/mol. The minimum atomic E-state index is -0.0787. The summed E-state index contributed by atoms with van der Waals surface area (Å²) in [5.74, 6) is 0. The summed E-state index contributed by atoms with van der Waals surface area (Å²) in [7, 11) is 0. The molecule has 0 unspecified atom stereocenters. The second-order valence-electron chi connectivity index (χ2n) is 20.8. The van der Waals surface area contributed by atoms with Crippen molar-refractivity contribution in [3.05, 3.63) is 254 Å². The molecule has 0 aliphatic carbocycles. The predicted molar refractivity (Wildman–Crippen MR) is 319 cm³/mol. The zero-order valence-corrected chi connectivity index (χ0v) is 41.1. The van der Waals surface area contributed by atoms with E-state index in [0.717, 1.165) is 22.7 Å². The number of para-hydroxylation sites is 8. The summed E-state index contributed by atoms with van der Waals surface area (Å²) in [6, 6.07) is 93.5. The quantitative estimate of drug-likeness (QED) is 0.163. The first kappa shape index (κ1) is 41.1. The van der Waals surface area contributed by atoms with Crippen molar-refractivity contribution in [2.24, 2.45) is 0 Å². The van der Waals surface area contributed by atoms with Crippen molar-refractivity contribution in [3.8, 4) is 0 Å². The Morgan fingerprint density at radius 2 is 0.507 bits per heavy atom. The highest BCUT2D eigenvalue weighted by Gasteiger charge is 2.53. The van der Waals surface area contributed by atoms with Gasteiger partial charge in [-0.15, -0.1) is 0 Å². The molecule has 6 aliphatic rings. The fourth-order valence-electron chi connectivity index (χ4n) is 14.2. The third kappa shape index (κ3) is 5.50. The predicted octanol–water partition coefficient (Wildman–Crippen LogP) is 10.8. The monoisotopic (exact) mass is 951 g/mol. The van der Waals surface area contributed by atoms with Gasteiger partial charge in [0.15, 0.2) is 0 Å². The van der Waals surface area contributed by atoms with Gasteiger partial charge in [-0.2, -0.15) is 0 Å². The molecule has 0 N–H and O–H groups in total. The van der Waals surface area contributed by atoms with E-state index in [1.54, 1.807) is 0 Å². The van der Waals surface area contributed by atoms with Crippen molar-refractivity contribution in [2.75, 3.05) is 24.5 Å². The highest BCUT2D eigenvalue weighted by molar-refractivity contribution is 7.06. The van der Waals surface area contributed by atoms with E-state index in [4.69, 9.17) is 0 Å². The van der Waals surface area contributed by atoms with Gasteiger partial charge >= 0.3 is 0 Å². The highest BCUT2D eigenvalue weighted by atomic mass is 15.2. The molecule has 0 aromatic heterocycles. The van der Waals surface area contributed by atoms with Crippen LogP contribution in [-0.2, 0) is 0 Å². The number of rotatable bonds is 4. The van der Waals surface area contributed by atoms with Gasteiger partial charge in [0.05, 0.1) is 0 Å². The maximum atomic E-state index is 2.65. The Hall–Kier alpha value is -9.39. The first-order valence-corrected chi connectivity index (χ1v) is 26.3. The summed E-state index contributed by atoms with van der Waals surface area (Å²) < 4.78 is 0. The fourth-order valence-corrected chi connectivity index (χ4v) is 14.2. The van der Waals surface area contributed by atoms with Gasteiger partial charge in [-0.3, -0.25) is 0 Å². The summed E-state index contributed by atoms with van der Waals surface area (Å²) in [5, 5.41) is 0. The van der Waals surface area contributed by atoms with Crippen LogP contribution in [0, 0.1) is 6.92 Å². The molecule has 6 heterocycles. The lowest BCUT2D eigenvalue weighted by molar-refractivity contribution is 1.22. The highest BCUT2D eigenvalue weighted by Crippen LogP contribution is 2.52. The zero-order chi connectivity index (χ0) is 49.0. The molecule has 17 rings (SSSR count). The molecule has 6 aliphatic heterocycles. The number of benzene rings is 11. The first-order chi connectivity index (χ1) is 37.2. The van der Waals surface area contributed by atoms with E-state index in [0.29, 0.717) is 0 Å². The second-order valence-corrected chi connectivity index (χ2v) is 20.8. The van der Waals surface area contributed by atoms with Crippen LogP contribution in [0.15, 0.2) is 249 Å². The number of nitrogens with zero attached hydrogens (tertiary/aromatic N) is 5. The first-order valence-electron chi connectivity index (χ1n) is 26.3. The molecule has 5 nitrogen and oxygen atoms in total. The van der Waals surface area contributed by atoms with Crippen LogP contribution in [0.25, 0.3) is 0 Å². The number of hydrogen-bond acceptors (Lipinski definition) is 5. The Bertz CT molecular complexity index is 4200. The molecule has 0 amide bonds. The van der Waals surface area contributed by atoms with E-state index >= 15 is 0 Å². The largest absolute Gasteiger partial charge is 0.312 e. The lowest BCUT2D eigenvalue weighted by atomic mass is 9.28. The Balaban J connectivity index is 1.02. The molecule has 0 saturated heterocycles. The molecule has 0 saturated carbocycles. The number of fused-ring (bicyclic) bond motifs is 14. The van der Waals surface area contributed by atoms with Crippen molar-refractivity contribution in [2.45, 2.75) is 6.92 Å². The van der Waals surface area contributed by atoms with Gasteiger partial charge in [0, 0.05) is 85.3 Å². The van der Waals surface area contributed by atoms with Crippen LogP contribution in [0.5, 0.6) is 0 Å². The molecular formula is C67H44B3N5. The van der Waals surface area contributed by atoms with Crippen LogP contribution in [0.1, 0.15) is 5.56 Å². The van der Waals surface area contributed by atoms with Crippen molar-refractivity contribution >= 4 is 155 Å².